The quantitative estimate of drug-likeness (QED) is 0.797. The third-order valence-electron chi connectivity index (χ3n) is 3.63. The minimum Gasteiger partial charge on any atom is -0.469 e. The number of methoxy groups -OCH3 is 1. The van der Waals surface area contributed by atoms with Gasteiger partial charge in [-0.15, -0.1) is 0 Å². The lowest BCUT2D eigenvalue weighted by Crippen LogP contribution is -2.41. The van der Waals surface area contributed by atoms with Gasteiger partial charge in [0, 0.05) is 31.6 Å². The third kappa shape index (κ3) is 4.07. The van der Waals surface area contributed by atoms with E-state index in [-0.39, 0.29) is 24.7 Å². The van der Waals surface area contributed by atoms with E-state index in [9.17, 15) is 14.4 Å². The van der Waals surface area contributed by atoms with Crippen LogP contribution in [0.4, 0.5) is 5.69 Å². The van der Waals surface area contributed by atoms with Crippen molar-refractivity contribution in [1.29, 1.82) is 0 Å². The molecule has 0 atom stereocenters. The van der Waals surface area contributed by atoms with Crippen molar-refractivity contribution >= 4 is 23.5 Å². The lowest BCUT2D eigenvalue weighted by molar-refractivity contribution is -0.142. The molecule has 0 radical (unpaired) electrons. The van der Waals surface area contributed by atoms with Gasteiger partial charge >= 0.3 is 5.97 Å². The molecule has 0 unspecified atom stereocenters. The standard InChI is InChI=1S/C16H20N2O4/c1-22-16(21)9-7-14(19)17-10-11-18-13-5-3-2-4-12(13)6-8-15(18)20/h2-5H,6-11H2,1H3,(H,17,19). The largest absolute Gasteiger partial charge is 0.469 e. The first-order valence-corrected chi connectivity index (χ1v) is 7.33. The highest BCUT2D eigenvalue weighted by molar-refractivity contribution is 5.96. The van der Waals surface area contributed by atoms with Crippen molar-refractivity contribution < 1.29 is 19.1 Å². The minimum atomic E-state index is -0.407. The number of fused-ring (bicyclic) bond motifs is 1. The van der Waals surface area contributed by atoms with Crippen molar-refractivity contribution in [3.8, 4) is 0 Å². The molecular formula is C16H20N2O4. The van der Waals surface area contributed by atoms with Crippen LogP contribution in [0, 0.1) is 0 Å². The van der Waals surface area contributed by atoms with Crippen LogP contribution in [0.1, 0.15) is 24.8 Å². The highest BCUT2D eigenvalue weighted by Crippen LogP contribution is 2.26. The fraction of sp³-hybridized carbons (Fsp3) is 0.438. The first kappa shape index (κ1) is 16.0. The molecule has 1 aliphatic heterocycles. The van der Waals surface area contributed by atoms with Gasteiger partial charge in [-0.2, -0.15) is 0 Å². The predicted octanol–water partition coefficient (Wildman–Crippen LogP) is 1.04. The molecule has 0 saturated heterocycles. The topological polar surface area (TPSA) is 75.7 Å². The van der Waals surface area contributed by atoms with Gasteiger partial charge in [-0.25, -0.2) is 0 Å². The Kier molecular flexibility index (Phi) is 5.52. The molecule has 22 heavy (non-hydrogen) atoms. The van der Waals surface area contributed by atoms with Crippen LogP contribution in [-0.4, -0.2) is 38.0 Å². The zero-order valence-electron chi connectivity index (χ0n) is 12.6. The number of hydrogen-bond acceptors (Lipinski definition) is 4. The summed E-state index contributed by atoms with van der Waals surface area (Å²) in [6.45, 7) is 0.792. The van der Waals surface area contributed by atoms with Crippen LogP contribution in [-0.2, 0) is 25.5 Å². The molecule has 1 aromatic carbocycles. The van der Waals surface area contributed by atoms with Crippen LogP contribution in [0.25, 0.3) is 0 Å². The number of carbonyl (C=O) groups excluding carboxylic acids is 3. The summed E-state index contributed by atoms with van der Waals surface area (Å²) in [7, 11) is 1.29. The minimum absolute atomic E-state index is 0.0633. The second kappa shape index (κ2) is 7.59. The number of amides is 2. The van der Waals surface area contributed by atoms with E-state index < -0.39 is 5.97 Å². The molecule has 2 rings (SSSR count). The molecule has 0 spiro atoms. The summed E-state index contributed by atoms with van der Waals surface area (Å²) in [5.41, 5.74) is 2.07. The first-order chi connectivity index (χ1) is 10.6. The lowest BCUT2D eigenvalue weighted by Gasteiger charge is -2.29. The Bertz CT molecular complexity index is 571. The normalized spacial score (nSPS) is 13.5. The van der Waals surface area contributed by atoms with Crippen molar-refractivity contribution in [3.05, 3.63) is 29.8 Å². The molecule has 6 heteroatoms. The molecule has 0 aliphatic carbocycles. The molecule has 1 aromatic rings. The van der Waals surface area contributed by atoms with Crippen LogP contribution in [0.3, 0.4) is 0 Å². The number of aryl methyl sites for hydroxylation is 1. The van der Waals surface area contributed by atoms with Crippen LogP contribution in [0.5, 0.6) is 0 Å². The van der Waals surface area contributed by atoms with E-state index in [2.05, 4.69) is 10.1 Å². The van der Waals surface area contributed by atoms with Gasteiger partial charge in [0.05, 0.1) is 13.5 Å². The molecule has 0 saturated carbocycles. The molecule has 0 bridgehead atoms. The van der Waals surface area contributed by atoms with Gasteiger partial charge < -0.3 is 15.0 Å². The molecular weight excluding hydrogens is 284 g/mol. The van der Waals surface area contributed by atoms with Crippen LogP contribution in [0.15, 0.2) is 24.3 Å². The highest BCUT2D eigenvalue weighted by atomic mass is 16.5. The smallest absolute Gasteiger partial charge is 0.306 e. The Morgan fingerprint density at radius 1 is 1.23 bits per heavy atom. The summed E-state index contributed by atoms with van der Waals surface area (Å²) in [5, 5.41) is 2.72. The number of ether oxygens (including phenoxy) is 1. The highest BCUT2D eigenvalue weighted by Gasteiger charge is 2.23. The zero-order valence-corrected chi connectivity index (χ0v) is 12.6. The predicted molar refractivity (Wildman–Crippen MR) is 81.4 cm³/mol. The Morgan fingerprint density at radius 2 is 2.00 bits per heavy atom. The second-order valence-corrected chi connectivity index (χ2v) is 5.10. The molecule has 0 fully saturated rings. The lowest BCUT2D eigenvalue weighted by atomic mass is 10.0. The summed E-state index contributed by atoms with van der Waals surface area (Å²) >= 11 is 0. The second-order valence-electron chi connectivity index (χ2n) is 5.10. The van der Waals surface area contributed by atoms with Gasteiger partial charge in [-0.1, -0.05) is 18.2 Å². The Hall–Kier alpha value is -2.37. The SMILES string of the molecule is COC(=O)CCC(=O)NCCN1C(=O)CCc2ccccc21. The maximum Gasteiger partial charge on any atom is 0.306 e. The summed E-state index contributed by atoms with van der Waals surface area (Å²) in [6.07, 6.45) is 1.41. The molecule has 2 amide bonds. The summed E-state index contributed by atoms with van der Waals surface area (Å²) in [4.78, 5) is 36.3. The molecule has 1 aliphatic rings. The third-order valence-corrected chi connectivity index (χ3v) is 3.63. The number of anilines is 1. The van der Waals surface area contributed by atoms with Crippen molar-refractivity contribution in [2.45, 2.75) is 25.7 Å². The van der Waals surface area contributed by atoms with Crippen LogP contribution >= 0.6 is 0 Å². The average molecular weight is 304 g/mol. The Morgan fingerprint density at radius 3 is 2.77 bits per heavy atom. The Balaban J connectivity index is 1.83. The molecule has 1 N–H and O–H groups in total. The maximum atomic E-state index is 12.0. The molecule has 1 heterocycles. The summed E-state index contributed by atoms with van der Waals surface area (Å²) in [6, 6.07) is 7.80. The maximum absolute atomic E-state index is 12.0. The first-order valence-electron chi connectivity index (χ1n) is 7.33. The van der Waals surface area contributed by atoms with E-state index in [1.54, 1.807) is 4.90 Å². The number of nitrogens with one attached hydrogen (secondary N) is 1. The number of carbonyl (C=O) groups is 3. The van der Waals surface area contributed by atoms with Gasteiger partial charge in [-0.05, 0) is 18.1 Å². The summed E-state index contributed by atoms with van der Waals surface area (Å²) < 4.78 is 4.48. The number of nitrogens with zero attached hydrogens (tertiary/aromatic N) is 1. The van der Waals surface area contributed by atoms with Crippen LogP contribution < -0.4 is 10.2 Å². The number of rotatable bonds is 6. The van der Waals surface area contributed by atoms with E-state index >= 15 is 0 Å². The summed E-state index contributed by atoms with van der Waals surface area (Å²) in [5.74, 6) is -0.555. The molecule has 118 valence electrons. The average Bonchev–Trinajstić information content (AvgIpc) is 2.54. The fourth-order valence-corrected chi connectivity index (χ4v) is 2.45. The van der Waals surface area contributed by atoms with E-state index in [0.29, 0.717) is 19.5 Å². The van der Waals surface area contributed by atoms with Crippen molar-refractivity contribution in [1.82, 2.24) is 5.32 Å². The Labute approximate surface area is 129 Å². The zero-order chi connectivity index (χ0) is 15.9. The van der Waals surface area contributed by atoms with E-state index in [4.69, 9.17) is 0 Å². The van der Waals surface area contributed by atoms with Crippen LogP contribution in [0.2, 0.25) is 0 Å². The van der Waals surface area contributed by atoms with Gasteiger partial charge in [-0.3, -0.25) is 14.4 Å². The van der Waals surface area contributed by atoms with E-state index in [0.717, 1.165) is 17.7 Å². The van der Waals surface area contributed by atoms with Gasteiger partial charge in [0.15, 0.2) is 0 Å². The van der Waals surface area contributed by atoms with Gasteiger partial charge in [0.2, 0.25) is 11.8 Å². The van der Waals surface area contributed by atoms with Crippen molar-refractivity contribution in [3.63, 3.8) is 0 Å². The fourth-order valence-electron chi connectivity index (χ4n) is 2.45. The van der Waals surface area contributed by atoms with E-state index in [1.165, 1.54) is 7.11 Å². The van der Waals surface area contributed by atoms with Gasteiger partial charge in [0.1, 0.15) is 0 Å². The number of hydrogen-bond donors (Lipinski definition) is 1. The van der Waals surface area contributed by atoms with E-state index in [1.807, 2.05) is 24.3 Å². The monoisotopic (exact) mass is 304 g/mol. The number of benzene rings is 1. The number of para-hydroxylation sites is 1. The number of esters is 1. The van der Waals surface area contributed by atoms with Gasteiger partial charge in [0.25, 0.3) is 0 Å². The molecule has 0 aromatic heterocycles. The van der Waals surface area contributed by atoms with Crippen molar-refractivity contribution in [2.75, 3.05) is 25.1 Å². The van der Waals surface area contributed by atoms with Crippen molar-refractivity contribution in [2.24, 2.45) is 0 Å². The molecule has 6 nitrogen and oxygen atoms in total.